The van der Waals surface area contributed by atoms with Crippen molar-refractivity contribution in [1.29, 1.82) is 0 Å². The monoisotopic (exact) mass is 508 g/mol. The van der Waals surface area contributed by atoms with Gasteiger partial charge in [-0.2, -0.15) is 10.1 Å². The molecule has 2 aliphatic rings. The summed E-state index contributed by atoms with van der Waals surface area (Å²) in [6, 6.07) is 6.89. The number of aromatic nitrogens is 4. The number of halogens is 2. The molecule has 12 heteroatoms. The normalized spacial score (nSPS) is 17.3. The van der Waals surface area contributed by atoms with Crippen LogP contribution in [0, 0.1) is 11.6 Å². The van der Waals surface area contributed by atoms with Crippen LogP contribution in [-0.4, -0.2) is 54.3 Å². The Kier molecular flexibility index (Phi) is 5.50. The summed E-state index contributed by atoms with van der Waals surface area (Å²) in [4.78, 5) is 32.1. The molecule has 6 rings (SSSR count). The van der Waals surface area contributed by atoms with E-state index in [0.717, 1.165) is 24.2 Å². The molecule has 37 heavy (non-hydrogen) atoms. The van der Waals surface area contributed by atoms with E-state index in [-0.39, 0.29) is 24.4 Å². The average Bonchev–Trinajstić information content (AvgIpc) is 3.61. The van der Waals surface area contributed by atoms with Crippen molar-refractivity contribution >= 4 is 23.3 Å². The predicted octanol–water partition coefficient (Wildman–Crippen LogP) is 3.86. The van der Waals surface area contributed by atoms with Gasteiger partial charge in [-0.05, 0) is 43.2 Å². The number of imidazole rings is 1. The van der Waals surface area contributed by atoms with Crippen LogP contribution in [0.5, 0.6) is 5.88 Å². The third-order valence-electron chi connectivity index (χ3n) is 6.90. The number of amides is 1. The molecule has 0 bridgehead atoms. The van der Waals surface area contributed by atoms with Crippen LogP contribution < -0.4 is 9.64 Å². The summed E-state index contributed by atoms with van der Waals surface area (Å²) in [6.07, 6.45) is 4.81. The van der Waals surface area contributed by atoms with Gasteiger partial charge < -0.3 is 24.2 Å². The Labute approximate surface area is 209 Å². The van der Waals surface area contributed by atoms with E-state index in [1.807, 2.05) is 17.0 Å². The average molecular weight is 508 g/mol. The van der Waals surface area contributed by atoms with Crippen LogP contribution in [0.4, 0.5) is 19.3 Å². The van der Waals surface area contributed by atoms with Crippen molar-refractivity contribution in [2.45, 2.75) is 32.0 Å². The number of ether oxygens (including phenoxy) is 1. The first-order valence-electron chi connectivity index (χ1n) is 11.8. The van der Waals surface area contributed by atoms with Crippen LogP contribution in [-0.2, 0) is 13.1 Å². The predicted molar refractivity (Wildman–Crippen MR) is 126 cm³/mol. The van der Waals surface area contributed by atoms with Crippen molar-refractivity contribution in [2.24, 2.45) is 0 Å². The largest absolute Gasteiger partial charge is 0.512 e. The Morgan fingerprint density at radius 1 is 1.11 bits per heavy atom. The molecule has 2 aliphatic heterocycles. The highest BCUT2D eigenvalue weighted by Crippen LogP contribution is 2.38. The number of hydrogen-bond acceptors (Lipinski definition) is 6. The van der Waals surface area contributed by atoms with Crippen LogP contribution in [0.3, 0.4) is 0 Å². The van der Waals surface area contributed by atoms with E-state index >= 15 is 0 Å². The SMILES string of the molecule is O=C(O)Oc1cn2c(n1)CN(C(=O)c1cnn3ccc(N4CCC[C@@H]4c4cc(F)ccc4F)cc13)CC2. The molecule has 10 nitrogen and oxygen atoms in total. The summed E-state index contributed by atoms with van der Waals surface area (Å²) >= 11 is 0. The molecule has 0 spiro atoms. The quantitative estimate of drug-likeness (QED) is 0.418. The molecular weight excluding hydrogens is 486 g/mol. The summed E-state index contributed by atoms with van der Waals surface area (Å²) in [6.45, 7) is 1.70. The second kappa shape index (κ2) is 8.87. The maximum absolute atomic E-state index is 14.6. The Bertz CT molecular complexity index is 1530. The zero-order valence-corrected chi connectivity index (χ0v) is 19.5. The molecular formula is C25H22F2N6O4. The van der Waals surface area contributed by atoms with E-state index in [2.05, 4.69) is 14.8 Å². The van der Waals surface area contributed by atoms with Gasteiger partial charge in [0.1, 0.15) is 17.5 Å². The van der Waals surface area contributed by atoms with E-state index in [1.165, 1.54) is 18.5 Å². The minimum Gasteiger partial charge on any atom is -0.449 e. The lowest BCUT2D eigenvalue weighted by molar-refractivity contribution is 0.0709. The topological polar surface area (TPSA) is 105 Å². The van der Waals surface area contributed by atoms with Crippen molar-refractivity contribution < 1.29 is 28.2 Å². The van der Waals surface area contributed by atoms with Crippen molar-refractivity contribution in [2.75, 3.05) is 18.0 Å². The zero-order valence-electron chi connectivity index (χ0n) is 19.5. The van der Waals surface area contributed by atoms with Crippen LogP contribution >= 0.6 is 0 Å². The van der Waals surface area contributed by atoms with Gasteiger partial charge in [-0.15, -0.1) is 0 Å². The minimum absolute atomic E-state index is 0.0349. The zero-order chi connectivity index (χ0) is 25.7. The summed E-state index contributed by atoms with van der Waals surface area (Å²) in [5.41, 5.74) is 2.10. The van der Waals surface area contributed by atoms with Crippen LogP contribution in [0.15, 0.2) is 48.9 Å². The lowest BCUT2D eigenvalue weighted by Gasteiger charge is -2.28. The molecule has 1 atom stereocenters. The third-order valence-corrected chi connectivity index (χ3v) is 6.90. The summed E-state index contributed by atoms with van der Waals surface area (Å²) in [7, 11) is 0. The number of hydrogen-bond donors (Lipinski definition) is 1. The van der Waals surface area contributed by atoms with E-state index in [4.69, 9.17) is 5.11 Å². The minimum atomic E-state index is -1.45. The molecule has 3 aromatic heterocycles. The van der Waals surface area contributed by atoms with Crippen LogP contribution in [0.2, 0.25) is 0 Å². The first-order chi connectivity index (χ1) is 17.9. The molecule has 0 unspecified atom stereocenters. The fourth-order valence-electron chi connectivity index (χ4n) is 5.19. The van der Waals surface area contributed by atoms with E-state index in [9.17, 15) is 18.4 Å². The Morgan fingerprint density at radius 2 is 1.97 bits per heavy atom. The second-order valence-corrected chi connectivity index (χ2v) is 9.07. The molecule has 1 aromatic carbocycles. The van der Waals surface area contributed by atoms with Gasteiger partial charge in [0.15, 0.2) is 0 Å². The van der Waals surface area contributed by atoms with E-state index in [0.29, 0.717) is 48.5 Å². The molecule has 5 heterocycles. The maximum atomic E-state index is 14.6. The Balaban J connectivity index is 1.28. The van der Waals surface area contributed by atoms with Crippen molar-refractivity contribution in [3.63, 3.8) is 0 Å². The van der Waals surface area contributed by atoms with Gasteiger partial charge in [0.05, 0.1) is 36.1 Å². The van der Waals surface area contributed by atoms with Gasteiger partial charge in [-0.3, -0.25) is 4.79 Å². The van der Waals surface area contributed by atoms with Gasteiger partial charge in [-0.25, -0.2) is 18.1 Å². The van der Waals surface area contributed by atoms with Crippen LogP contribution in [0.25, 0.3) is 5.52 Å². The first-order valence-corrected chi connectivity index (χ1v) is 11.8. The highest BCUT2D eigenvalue weighted by atomic mass is 19.1. The number of nitrogens with zero attached hydrogens (tertiary/aromatic N) is 6. The lowest BCUT2D eigenvalue weighted by Crippen LogP contribution is -2.38. The van der Waals surface area contributed by atoms with E-state index in [1.54, 1.807) is 20.2 Å². The van der Waals surface area contributed by atoms with Gasteiger partial charge in [0.2, 0.25) is 5.88 Å². The third kappa shape index (κ3) is 4.13. The fraction of sp³-hybridized carbons (Fsp3) is 0.280. The highest BCUT2D eigenvalue weighted by Gasteiger charge is 2.30. The van der Waals surface area contributed by atoms with Crippen molar-refractivity contribution in [1.82, 2.24) is 24.1 Å². The van der Waals surface area contributed by atoms with Gasteiger partial charge in [0, 0.05) is 37.1 Å². The second-order valence-electron chi connectivity index (χ2n) is 9.07. The summed E-state index contributed by atoms with van der Waals surface area (Å²) in [5, 5.41) is 13.1. The number of anilines is 1. The van der Waals surface area contributed by atoms with Gasteiger partial charge in [0.25, 0.3) is 5.91 Å². The summed E-state index contributed by atoms with van der Waals surface area (Å²) in [5.74, 6) is -0.681. The number of carboxylic acid groups (broad SMARTS) is 1. The van der Waals surface area contributed by atoms with Crippen LogP contribution in [0.1, 0.15) is 40.6 Å². The Morgan fingerprint density at radius 3 is 2.81 bits per heavy atom. The molecule has 190 valence electrons. The van der Waals surface area contributed by atoms with E-state index < -0.39 is 17.8 Å². The molecule has 0 saturated carbocycles. The highest BCUT2D eigenvalue weighted by molar-refractivity contribution is 6.01. The molecule has 0 aliphatic carbocycles. The number of pyridine rings is 1. The standard InChI is InChI=1S/C25H22F2N6O4/c26-15-3-4-19(27)17(10-15)20-2-1-6-32(20)16-5-7-33-21(11-16)18(12-28-33)24(34)31-9-8-30-14-23(37-25(35)36)29-22(30)13-31/h3-5,7,10-12,14,20H,1-2,6,8-9,13H2,(H,35,36)/t20-/m1/s1. The number of carbonyl (C=O) groups is 2. The van der Waals surface area contributed by atoms with Crippen molar-refractivity contribution in [3.8, 4) is 5.88 Å². The molecule has 1 amide bonds. The number of carbonyl (C=O) groups excluding carboxylic acids is 1. The first kappa shape index (κ1) is 23.0. The smallest absolute Gasteiger partial charge is 0.449 e. The lowest BCUT2D eigenvalue weighted by atomic mass is 10.0. The molecule has 4 aromatic rings. The van der Waals surface area contributed by atoms with Gasteiger partial charge >= 0.3 is 6.16 Å². The van der Waals surface area contributed by atoms with Crippen molar-refractivity contribution in [3.05, 3.63) is 77.5 Å². The molecule has 1 saturated heterocycles. The molecule has 0 radical (unpaired) electrons. The summed E-state index contributed by atoms with van der Waals surface area (Å²) < 4.78 is 36.4. The fourth-order valence-corrected chi connectivity index (χ4v) is 5.19. The number of rotatable bonds is 4. The molecule has 1 fully saturated rings. The number of fused-ring (bicyclic) bond motifs is 2. The number of benzene rings is 1. The van der Waals surface area contributed by atoms with Gasteiger partial charge in [-0.1, -0.05) is 0 Å². The Hall–Kier alpha value is -4.48. The molecule has 1 N–H and O–H groups in total. The maximum Gasteiger partial charge on any atom is 0.512 e.